The normalized spacial score (nSPS) is 11.8. The molecule has 0 aliphatic rings. The summed E-state index contributed by atoms with van der Waals surface area (Å²) >= 11 is 0. The van der Waals surface area contributed by atoms with Crippen LogP contribution < -0.4 is 5.73 Å². The van der Waals surface area contributed by atoms with E-state index < -0.39 is 0 Å². The highest BCUT2D eigenvalue weighted by Crippen LogP contribution is 2.12. The van der Waals surface area contributed by atoms with Crippen molar-refractivity contribution in [1.82, 2.24) is 0 Å². The lowest BCUT2D eigenvalue weighted by Gasteiger charge is -1.99. The van der Waals surface area contributed by atoms with Gasteiger partial charge in [-0.25, -0.2) is 4.39 Å². The van der Waals surface area contributed by atoms with Crippen molar-refractivity contribution < 1.29 is 4.39 Å². The minimum atomic E-state index is -0.209. The van der Waals surface area contributed by atoms with Crippen LogP contribution in [-0.2, 0) is 0 Å². The fourth-order valence-corrected chi connectivity index (χ4v) is 1.01. The summed E-state index contributed by atoms with van der Waals surface area (Å²) in [4.78, 5) is 0. The number of benzene rings is 1. The SMILES string of the molecule is C/C(=C\CN)c1ccc(F)cc1. The van der Waals surface area contributed by atoms with E-state index in [0.717, 1.165) is 11.1 Å². The molecule has 0 saturated heterocycles. The van der Waals surface area contributed by atoms with Crippen molar-refractivity contribution in [1.29, 1.82) is 0 Å². The Hall–Kier alpha value is -1.15. The molecule has 2 heteroatoms. The Bertz CT molecular complexity index is 274. The minimum absolute atomic E-state index is 0.209. The van der Waals surface area contributed by atoms with Crippen LogP contribution in [0.5, 0.6) is 0 Å². The molecule has 0 bridgehead atoms. The number of nitrogens with two attached hydrogens (primary N) is 1. The molecule has 0 atom stereocenters. The Kier molecular flexibility index (Phi) is 3.00. The van der Waals surface area contributed by atoms with Crippen LogP contribution in [0.2, 0.25) is 0 Å². The molecule has 1 rings (SSSR count). The van der Waals surface area contributed by atoms with Crippen molar-refractivity contribution >= 4 is 5.57 Å². The highest BCUT2D eigenvalue weighted by atomic mass is 19.1. The Balaban J connectivity index is 2.89. The van der Waals surface area contributed by atoms with Crippen LogP contribution in [0, 0.1) is 5.82 Å². The number of hydrogen-bond donors (Lipinski definition) is 1. The molecule has 2 N–H and O–H groups in total. The lowest BCUT2D eigenvalue weighted by molar-refractivity contribution is 0.627. The molecular formula is C10H12FN. The standard InChI is InChI=1S/C10H12FN/c1-8(6-7-12)9-2-4-10(11)5-3-9/h2-6H,7,12H2,1H3/b8-6+. The zero-order valence-corrected chi connectivity index (χ0v) is 7.05. The molecule has 0 saturated carbocycles. The van der Waals surface area contributed by atoms with E-state index in [0.29, 0.717) is 6.54 Å². The third kappa shape index (κ3) is 2.17. The molecule has 0 aliphatic heterocycles. The maximum Gasteiger partial charge on any atom is 0.123 e. The van der Waals surface area contributed by atoms with Crippen molar-refractivity contribution in [2.45, 2.75) is 6.92 Å². The minimum Gasteiger partial charge on any atom is -0.327 e. The van der Waals surface area contributed by atoms with Crippen molar-refractivity contribution in [3.8, 4) is 0 Å². The van der Waals surface area contributed by atoms with Crippen LogP contribution in [0.1, 0.15) is 12.5 Å². The predicted molar refractivity (Wildman–Crippen MR) is 49.1 cm³/mol. The first-order valence-corrected chi connectivity index (χ1v) is 3.87. The second-order valence-electron chi connectivity index (χ2n) is 2.63. The van der Waals surface area contributed by atoms with Gasteiger partial charge in [-0.15, -0.1) is 0 Å². The van der Waals surface area contributed by atoms with Gasteiger partial charge in [-0.05, 0) is 30.2 Å². The number of halogens is 1. The molecular weight excluding hydrogens is 153 g/mol. The van der Waals surface area contributed by atoms with Crippen LogP contribution in [0.25, 0.3) is 5.57 Å². The van der Waals surface area contributed by atoms with Gasteiger partial charge in [0.1, 0.15) is 5.82 Å². The second kappa shape index (κ2) is 4.02. The van der Waals surface area contributed by atoms with Gasteiger partial charge in [-0.1, -0.05) is 18.2 Å². The van der Waals surface area contributed by atoms with Crippen molar-refractivity contribution in [3.63, 3.8) is 0 Å². The number of rotatable bonds is 2. The first-order valence-electron chi connectivity index (χ1n) is 3.87. The third-order valence-electron chi connectivity index (χ3n) is 1.72. The molecule has 0 unspecified atom stereocenters. The zero-order chi connectivity index (χ0) is 8.97. The third-order valence-corrected chi connectivity index (χ3v) is 1.72. The fraction of sp³-hybridized carbons (Fsp3) is 0.200. The summed E-state index contributed by atoms with van der Waals surface area (Å²) in [6.07, 6.45) is 1.91. The molecule has 0 aromatic heterocycles. The van der Waals surface area contributed by atoms with E-state index in [-0.39, 0.29) is 5.82 Å². The van der Waals surface area contributed by atoms with Crippen LogP contribution in [0.4, 0.5) is 4.39 Å². The van der Waals surface area contributed by atoms with E-state index in [1.807, 2.05) is 13.0 Å². The summed E-state index contributed by atoms with van der Waals surface area (Å²) in [5, 5.41) is 0. The molecule has 0 amide bonds. The summed E-state index contributed by atoms with van der Waals surface area (Å²) in [6, 6.07) is 6.39. The van der Waals surface area contributed by atoms with E-state index in [9.17, 15) is 4.39 Å². The fourth-order valence-electron chi connectivity index (χ4n) is 1.01. The van der Waals surface area contributed by atoms with Crippen LogP contribution in [0.3, 0.4) is 0 Å². The summed E-state index contributed by atoms with van der Waals surface area (Å²) in [5.74, 6) is -0.209. The summed E-state index contributed by atoms with van der Waals surface area (Å²) in [6.45, 7) is 2.48. The topological polar surface area (TPSA) is 26.0 Å². The van der Waals surface area contributed by atoms with E-state index in [2.05, 4.69) is 0 Å². The van der Waals surface area contributed by atoms with Gasteiger partial charge >= 0.3 is 0 Å². The number of allylic oxidation sites excluding steroid dienone is 1. The van der Waals surface area contributed by atoms with E-state index in [4.69, 9.17) is 5.73 Å². The largest absolute Gasteiger partial charge is 0.327 e. The van der Waals surface area contributed by atoms with Gasteiger partial charge < -0.3 is 5.73 Å². The second-order valence-corrected chi connectivity index (χ2v) is 2.63. The molecule has 0 radical (unpaired) electrons. The molecule has 0 heterocycles. The van der Waals surface area contributed by atoms with Gasteiger partial charge in [0.2, 0.25) is 0 Å². The van der Waals surface area contributed by atoms with Gasteiger partial charge in [-0.3, -0.25) is 0 Å². The van der Waals surface area contributed by atoms with Gasteiger partial charge in [0.05, 0.1) is 0 Å². The van der Waals surface area contributed by atoms with Crippen LogP contribution >= 0.6 is 0 Å². The van der Waals surface area contributed by atoms with Gasteiger partial charge in [-0.2, -0.15) is 0 Å². The van der Waals surface area contributed by atoms with Crippen molar-refractivity contribution in [2.75, 3.05) is 6.54 Å². The average molecular weight is 165 g/mol. The molecule has 0 fully saturated rings. The lowest BCUT2D eigenvalue weighted by Crippen LogP contribution is -1.94. The number of hydrogen-bond acceptors (Lipinski definition) is 1. The predicted octanol–water partition coefficient (Wildman–Crippen LogP) is 2.19. The average Bonchev–Trinajstić information content (AvgIpc) is 2.06. The first-order chi connectivity index (χ1) is 5.74. The Morgan fingerprint density at radius 2 is 2.00 bits per heavy atom. The summed E-state index contributed by atoms with van der Waals surface area (Å²) in [5.41, 5.74) is 7.44. The highest BCUT2D eigenvalue weighted by molar-refractivity contribution is 5.63. The van der Waals surface area contributed by atoms with Crippen molar-refractivity contribution in [3.05, 3.63) is 41.7 Å². The molecule has 1 nitrogen and oxygen atoms in total. The zero-order valence-electron chi connectivity index (χ0n) is 7.05. The highest BCUT2D eigenvalue weighted by Gasteiger charge is 1.94. The van der Waals surface area contributed by atoms with Gasteiger partial charge in [0, 0.05) is 6.54 Å². The lowest BCUT2D eigenvalue weighted by atomic mass is 10.1. The smallest absolute Gasteiger partial charge is 0.123 e. The molecule has 0 spiro atoms. The van der Waals surface area contributed by atoms with Crippen molar-refractivity contribution in [2.24, 2.45) is 5.73 Å². The molecule has 1 aromatic carbocycles. The molecule has 0 aliphatic carbocycles. The summed E-state index contributed by atoms with van der Waals surface area (Å²) in [7, 11) is 0. The van der Waals surface area contributed by atoms with E-state index in [1.165, 1.54) is 12.1 Å². The Morgan fingerprint density at radius 3 is 2.50 bits per heavy atom. The molecule has 64 valence electrons. The van der Waals surface area contributed by atoms with E-state index in [1.54, 1.807) is 12.1 Å². The Morgan fingerprint density at radius 1 is 1.42 bits per heavy atom. The van der Waals surface area contributed by atoms with E-state index >= 15 is 0 Å². The van der Waals surface area contributed by atoms with Crippen LogP contribution in [-0.4, -0.2) is 6.54 Å². The Labute approximate surface area is 71.7 Å². The maximum absolute atomic E-state index is 12.5. The van der Waals surface area contributed by atoms with Gasteiger partial charge in [0.25, 0.3) is 0 Å². The first kappa shape index (κ1) is 8.94. The van der Waals surface area contributed by atoms with Gasteiger partial charge in [0.15, 0.2) is 0 Å². The maximum atomic E-state index is 12.5. The quantitative estimate of drug-likeness (QED) is 0.714. The molecule has 1 aromatic rings. The van der Waals surface area contributed by atoms with Crippen LogP contribution in [0.15, 0.2) is 30.3 Å². The monoisotopic (exact) mass is 165 g/mol. The summed E-state index contributed by atoms with van der Waals surface area (Å²) < 4.78 is 12.5. The molecule has 12 heavy (non-hydrogen) atoms.